The van der Waals surface area contributed by atoms with E-state index >= 15 is 0 Å². The molecule has 140 valence electrons. The van der Waals surface area contributed by atoms with Crippen LogP contribution in [0.15, 0.2) is 60.7 Å². The summed E-state index contributed by atoms with van der Waals surface area (Å²) in [6.07, 6.45) is 0. The van der Waals surface area contributed by atoms with Gasteiger partial charge < -0.3 is 9.84 Å². The van der Waals surface area contributed by atoms with Gasteiger partial charge in [0.15, 0.2) is 0 Å². The first-order valence-electron chi connectivity index (χ1n) is 8.94. The maximum absolute atomic E-state index is 11.5. The number of aromatic nitrogens is 1. The van der Waals surface area contributed by atoms with Crippen molar-refractivity contribution in [2.75, 3.05) is 0 Å². The highest BCUT2D eigenvalue weighted by molar-refractivity contribution is 7.17. The van der Waals surface area contributed by atoms with Crippen LogP contribution in [-0.2, 0) is 6.61 Å². The number of aryl methyl sites for hydroxylation is 2. The first kappa shape index (κ1) is 18.2. The van der Waals surface area contributed by atoms with Crippen molar-refractivity contribution in [1.82, 2.24) is 4.98 Å². The molecule has 0 aliphatic heterocycles. The van der Waals surface area contributed by atoms with Gasteiger partial charge in [0.2, 0.25) is 0 Å². The molecule has 0 radical (unpaired) electrons. The molecule has 0 amide bonds. The molecule has 1 N–H and O–H groups in total. The summed E-state index contributed by atoms with van der Waals surface area (Å²) < 4.78 is 6.20. The summed E-state index contributed by atoms with van der Waals surface area (Å²) in [6, 6.07) is 20.1. The molecule has 0 saturated carbocycles. The average Bonchev–Trinajstić information content (AvgIpc) is 3.08. The quantitative estimate of drug-likeness (QED) is 0.465. The molecule has 3 aromatic carbocycles. The van der Waals surface area contributed by atoms with Gasteiger partial charge in [-0.25, -0.2) is 9.78 Å². The summed E-state index contributed by atoms with van der Waals surface area (Å²) in [4.78, 5) is 16.3. The largest absolute Gasteiger partial charge is 0.488 e. The number of rotatable bonds is 5. The van der Waals surface area contributed by atoms with Crippen molar-refractivity contribution in [3.63, 3.8) is 0 Å². The molecule has 4 aromatic rings. The molecular formula is C23H19NO3S. The number of hydrogen-bond acceptors (Lipinski definition) is 4. The molecule has 28 heavy (non-hydrogen) atoms. The zero-order chi connectivity index (χ0) is 19.7. The van der Waals surface area contributed by atoms with Crippen molar-refractivity contribution in [3.05, 3.63) is 82.4 Å². The van der Waals surface area contributed by atoms with Crippen LogP contribution in [0, 0.1) is 13.8 Å². The summed E-state index contributed by atoms with van der Waals surface area (Å²) >= 11 is 1.18. The standard InChI is InChI=1S/C23H19NO3S/c1-14-7-3-4-9-17(14)13-27-19-12-11-16-8-5-6-10-18(16)20(19)22-24-15(2)21(28-22)23(25)26/h3-12H,13H2,1-2H3,(H,25,26). The van der Waals surface area contributed by atoms with Crippen molar-refractivity contribution in [2.24, 2.45) is 0 Å². The number of nitrogens with zero attached hydrogens (tertiary/aromatic N) is 1. The van der Waals surface area contributed by atoms with E-state index in [4.69, 9.17) is 4.74 Å². The van der Waals surface area contributed by atoms with Crippen LogP contribution in [0.25, 0.3) is 21.3 Å². The van der Waals surface area contributed by atoms with Gasteiger partial charge in [-0.2, -0.15) is 0 Å². The Bertz CT molecular complexity index is 1180. The lowest BCUT2D eigenvalue weighted by Crippen LogP contribution is -1.99. The summed E-state index contributed by atoms with van der Waals surface area (Å²) in [5, 5.41) is 12.1. The lowest BCUT2D eigenvalue weighted by atomic mass is 10.0. The Morgan fingerprint density at radius 3 is 2.54 bits per heavy atom. The average molecular weight is 389 g/mol. The number of hydrogen-bond donors (Lipinski definition) is 1. The number of thiazole rings is 1. The number of ether oxygens (including phenoxy) is 1. The number of carboxylic acid groups (broad SMARTS) is 1. The fraction of sp³-hybridized carbons (Fsp3) is 0.130. The highest BCUT2D eigenvalue weighted by atomic mass is 32.1. The van der Waals surface area contributed by atoms with Crippen LogP contribution in [0.1, 0.15) is 26.5 Å². The van der Waals surface area contributed by atoms with Gasteiger partial charge in [-0.3, -0.25) is 0 Å². The van der Waals surface area contributed by atoms with E-state index in [0.29, 0.717) is 23.1 Å². The smallest absolute Gasteiger partial charge is 0.347 e. The van der Waals surface area contributed by atoms with Crippen molar-refractivity contribution in [1.29, 1.82) is 0 Å². The zero-order valence-corrected chi connectivity index (χ0v) is 16.4. The van der Waals surface area contributed by atoms with Gasteiger partial charge in [-0.1, -0.05) is 54.6 Å². The number of fused-ring (bicyclic) bond motifs is 1. The minimum atomic E-state index is -0.955. The molecule has 4 nitrogen and oxygen atoms in total. The molecule has 0 saturated heterocycles. The molecule has 0 bridgehead atoms. The van der Waals surface area contributed by atoms with Gasteiger partial charge in [-0.15, -0.1) is 11.3 Å². The fourth-order valence-electron chi connectivity index (χ4n) is 3.22. The van der Waals surface area contributed by atoms with Gasteiger partial charge in [0, 0.05) is 0 Å². The van der Waals surface area contributed by atoms with Crippen LogP contribution >= 0.6 is 11.3 Å². The minimum Gasteiger partial charge on any atom is -0.488 e. The summed E-state index contributed by atoms with van der Waals surface area (Å²) in [5.41, 5.74) is 3.64. The molecule has 0 fully saturated rings. The third-order valence-electron chi connectivity index (χ3n) is 4.74. The highest BCUT2D eigenvalue weighted by Crippen LogP contribution is 2.40. The van der Waals surface area contributed by atoms with E-state index in [2.05, 4.69) is 18.0 Å². The second-order valence-electron chi connectivity index (χ2n) is 6.61. The zero-order valence-electron chi connectivity index (χ0n) is 15.6. The van der Waals surface area contributed by atoms with Crippen molar-refractivity contribution in [3.8, 4) is 16.3 Å². The Hall–Kier alpha value is -3.18. The Morgan fingerprint density at radius 2 is 1.79 bits per heavy atom. The van der Waals surface area contributed by atoms with Crippen molar-refractivity contribution >= 4 is 28.1 Å². The third kappa shape index (κ3) is 3.37. The Labute approximate surface area is 167 Å². The lowest BCUT2D eigenvalue weighted by Gasteiger charge is -2.14. The first-order chi connectivity index (χ1) is 13.5. The SMILES string of the molecule is Cc1ccccc1COc1ccc2ccccc2c1-c1nc(C)c(C(=O)O)s1. The molecule has 0 aliphatic carbocycles. The van der Waals surface area contributed by atoms with Gasteiger partial charge >= 0.3 is 5.97 Å². The summed E-state index contributed by atoms with van der Waals surface area (Å²) in [6.45, 7) is 4.22. The van der Waals surface area contributed by atoms with Crippen LogP contribution in [0.5, 0.6) is 5.75 Å². The second kappa shape index (κ2) is 7.44. The Balaban J connectivity index is 1.83. The van der Waals surface area contributed by atoms with Gasteiger partial charge in [0.1, 0.15) is 22.2 Å². The van der Waals surface area contributed by atoms with Gasteiger partial charge in [0.25, 0.3) is 0 Å². The molecule has 0 spiro atoms. The minimum absolute atomic E-state index is 0.257. The van der Waals surface area contributed by atoms with Crippen LogP contribution < -0.4 is 4.74 Å². The van der Waals surface area contributed by atoms with E-state index in [9.17, 15) is 9.90 Å². The predicted octanol–water partition coefficient (Wildman–Crippen LogP) is 5.86. The monoisotopic (exact) mass is 389 g/mol. The maximum Gasteiger partial charge on any atom is 0.347 e. The second-order valence-corrected chi connectivity index (χ2v) is 7.61. The van der Waals surface area contributed by atoms with E-state index in [1.165, 1.54) is 16.9 Å². The van der Waals surface area contributed by atoms with Crippen LogP contribution in [0.2, 0.25) is 0 Å². The Kier molecular flexibility index (Phi) is 4.84. The highest BCUT2D eigenvalue weighted by Gasteiger charge is 2.20. The van der Waals surface area contributed by atoms with E-state index in [1.807, 2.05) is 54.6 Å². The van der Waals surface area contributed by atoms with Crippen LogP contribution in [-0.4, -0.2) is 16.1 Å². The molecule has 0 aliphatic rings. The number of benzene rings is 3. The van der Waals surface area contributed by atoms with E-state index in [-0.39, 0.29) is 4.88 Å². The first-order valence-corrected chi connectivity index (χ1v) is 9.76. The molecule has 0 atom stereocenters. The number of aromatic carboxylic acids is 1. The molecular weight excluding hydrogens is 370 g/mol. The lowest BCUT2D eigenvalue weighted by molar-refractivity contribution is 0.0701. The third-order valence-corrected chi connectivity index (χ3v) is 5.90. The topological polar surface area (TPSA) is 59.4 Å². The van der Waals surface area contributed by atoms with Crippen molar-refractivity contribution < 1.29 is 14.6 Å². The number of carboxylic acids is 1. The number of carbonyl (C=O) groups is 1. The maximum atomic E-state index is 11.5. The molecule has 1 heterocycles. The summed E-state index contributed by atoms with van der Waals surface area (Å²) in [7, 11) is 0. The molecule has 0 unspecified atom stereocenters. The van der Waals surface area contributed by atoms with E-state index in [0.717, 1.165) is 21.9 Å². The fourth-order valence-corrected chi connectivity index (χ4v) is 4.19. The Morgan fingerprint density at radius 1 is 1.04 bits per heavy atom. The molecule has 5 heteroatoms. The predicted molar refractivity (Wildman–Crippen MR) is 112 cm³/mol. The van der Waals surface area contributed by atoms with Crippen LogP contribution in [0.4, 0.5) is 0 Å². The molecule has 1 aromatic heterocycles. The summed E-state index contributed by atoms with van der Waals surface area (Å²) in [5.74, 6) is -0.253. The molecule has 4 rings (SSSR count). The van der Waals surface area contributed by atoms with Crippen molar-refractivity contribution in [2.45, 2.75) is 20.5 Å². The van der Waals surface area contributed by atoms with Crippen LogP contribution in [0.3, 0.4) is 0 Å². The van der Waals surface area contributed by atoms with Gasteiger partial charge in [-0.05, 0) is 41.8 Å². The normalized spacial score (nSPS) is 10.9. The van der Waals surface area contributed by atoms with E-state index < -0.39 is 5.97 Å². The van der Waals surface area contributed by atoms with E-state index in [1.54, 1.807) is 6.92 Å². The van der Waals surface area contributed by atoms with Gasteiger partial charge in [0.05, 0.1) is 11.3 Å².